The van der Waals surface area contributed by atoms with E-state index in [1.54, 1.807) is 0 Å². The second-order valence-corrected chi connectivity index (χ2v) is 7.24. The third kappa shape index (κ3) is 5.35. The van der Waals surface area contributed by atoms with Gasteiger partial charge in [0.05, 0.1) is 10.7 Å². The minimum atomic E-state index is -0.487. The van der Waals surface area contributed by atoms with Crippen LogP contribution in [-0.4, -0.2) is 31.3 Å². The number of para-hydroxylation sites is 1. The van der Waals surface area contributed by atoms with E-state index in [4.69, 9.17) is 4.74 Å². The molecule has 0 unspecified atom stereocenters. The first-order valence-corrected chi connectivity index (χ1v) is 10.3. The largest absolute Gasteiger partial charge is 0.483 e. The molecule has 9 nitrogen and oxygen atoms in total. The zero-order valence-corrected chi connectivity index (χ0v) is 17.3. The molecule has 30 heavy (non-hydrogen) atoms. The molecule has 0 saturated carbocycles. The fraction of sp³-hybridized carbons (Fsp3) is 0.250. The number of nitrogens with one attached hydrogen (secondary N) is 1. The first-order chi connectivity index (χ1) is 14.5. The highest BCUT2D eigenvalue weighted by Gasteiger charge is 2.19. The normalized spacial score (nSPS) is 11.7. The Hall–Kier alpha value is -3.40. The maximum absolute atomic E-state index is 12.2. The number of benzene rings is 2. The van der Waals surface area contributed by atoms with Crippen molar-refractivity contribution >= 4 is 29.0 Å². The number of carbonyl (C=O) groups excluding carboxylic acids is 1. The second kappa shape index (κ2) is 9.88. The van der Waals surface area contributed by atoms with Gasteiger partial charge in [-0.25, -0.2) is 0 Å². The van der Waals surface area contributed by atoms with Gasteiger partial charge in [-0.3, -0.25) is 14.9 Å². The number of hydrogen-bond acceptors (Lipinski definition) is 7. The lowest BCUT2D eigenvalue weighted by molar-refractivity contribution is -0.384. The number of nitrogens with zero attached hydrogens (tertiary/aromatic N) is 4. The Bertz CT molecular complexity index is 1010. The lowest BCUT2D eigenvalue weighted by atomic mass is 10.3. The molecule has 2 aromatic carbocycles. The molecule has 0 fully saturated rings. The van der Waals surface area contributed by atoms with Gasteiger partial charge in [0.2, 0.25) is 5.91 Å². The van der Waals surface area contributed by atoms with Gasteiger partial charge in [-0.05, 0) is 38.1 Å². The summed E-state index contributed by atoms with van der Waals surface area (Å²) in [6.45, 7) is 4.51. The van der Waals surface area contributed by atoms with Gasteiger partial charge in [0, 0.05) is 24.4 Å². The Balaban J connectivity index is 1.60. The van der Waals surface area contributed by atoms with Gasteiger partial charge in [-0.1, -0.05) is 30.0 Å². The summed E-state index contributed by atoms with van der Waals surface area (Å²) in [7, 11) is 0. The standard InChI is InChI=1S/C20H21N5O4S/c1-3-24-19(14(2)29-17-7-5-4-6-8-17)22-23-20(24)30-13-18(26)21-15-9-11-16(12-10-15)25(27)28/h4-12,14H,3,13H2,1-2H3,(H,21,26)/t14-/m0/s1. The van der Waals surface area contributed by atoms with Crippen molar-refractivity contribution < 1.29 is 14.5 Å². The molecule has 0 radical (unpaired) electrons. The summed E-state index contributed by atoms with van der Waals surface area (Å²) in [4.78, 5) is 22.4. The van der Waals surface area contributed by atoms with E-state index in [1.807, 2.05) is 48.7 Å². The van der Waals surface area contributed by atoms with Gasteiger partial charge in [-0.15, -0.1) is 10.2 Å². The molecular weight excluding hydrogens is 406 g/mol. The minimum Gasteiger partial charge on any atom is -0.483 e. The summed E-state index contributed by atoms with van der Waals surface area (Å²) in [5.41, 5.74) is 0.464. The third-order valence-electron chi connectivity index (χ3n) is 4.18. The molecule has 1 atom stereocenters. The highest BCUT2D eigenvalue weighted by atomic mass is 32.2. The first-order valence-electron chi connectivity index (χ1n) is 9.29. The molecule has 1 amide bonds. The quantitative estimate of drug-likeness (QED) is 0.311. The molecular formula is C20H21N5O4S. The van der Waals surface area contributed by atoms with Crippen LogP contribution in [0.5, 0.6) is 5.75 Å². The number of thioether (sulfide) groups is 1. The van der Waals surface area contributed by atoms with Crippen LogP contribution in [0.25, 0.3) is 0 Å². The zero-order chi connectivity index (χ0) is 21.5. The Morgan fingerprint density at radius 2 is 1.90 bits per heavy atom. The lowest BCUT2D eigenvalue weighted by Gasteiger charge is -2.15. The number of non-ortho nitro benzene ring substituents is 1. The Labute approximate surface area is 177 Å². The molecule has 0 aliphatic rings. The Morgan fingerprint density at radius 3 is 2.53 bits per heavy atom. The van der Waals surface area contributed by atoms with Crippen molar-refractivity contribution in [1.29, 1.82) is 0 Å². The molecule has 0 bridgehead atoms. The molecule has 3 aromatic rings. The third-order valence-corrected chi connectivity index (χ3v) is 5.14. The van der Waals surface area contributed by atoms with Crippen LogP contribution in [0.4, 0.5) is 11.4 Å². The van der Waals surface area contributed by atoms with E-state index < -0.39 is 4.92 Å². The molecule has 0 aliphatic heterocycles. The number of anilines is 1. The molecule has 156 valence electrons. The number of amides is 1. The molecule has 3 rings (SSSR count). The predicted octanol–water partition coefficient (Wildman–Crippen LogP) is 4.08. The fourth-order valence-corrected chi connectivity index (χ4v) is 3.56. The summed E-state index contributed by atoms with van der Waals surface area (Å²) < 4.78 is 7.84. The summed E-state index contributed by atoms with van der Waals surface area (Å²) in [5, 5.41) is 22.5. The summed E-state index contributed by atoms with van der Waals surface area (Å²) in [6.07, 6.45) is -0.303. The van der Waals surface area contributed by atoms with Crippen molar-refractivity contribution in [2.75, 3.05) is 11.1 Å². The number of nitro benzene ring substituents is 1. The van der Waals surface area contributed by atoms with E-state index in [0.717, 1.165) is 5.75 Å². The van der Waals surface area contributed by atoms with E-state index in [-0.39, 0.29) is 23.5 Å². The number of ether oxygens (including phenoxy) is 1. The van der Waals surface area contributed by atoms with Crippen molar-refractivity contribution in [2.24, 2.45) is 0 Å². The highest BCUT2D eigenvalue weighted by Crippen LogP contribution is 2.24. The maximum Gasteiger partial charge on any atom is 0.269 e. The number of rotatable bonds is 9. The van der Waals surface area contributed by atoms with Gasteiger partial charge in [0.25, 0.3) is 5.69 Å². The van der Waals surface area contributed by atoms with Crippen molar-refractivity contribution in [3.63, 3.8) is 0 Å². The SMILES string of the molecule is CCn1c(SCC(=O)Nc2ccc([N+](=O)[O-])cc2)nnc1[C@H](C)Oc1ccccc1. The fourth-order valence-electron chi connectivity index (χ4n) is 2.75. The molecule has 0 saturated heterocycles. The van der Waals surface area contributed by atoms with Crippen LogP contribution in [0.2, 0.25) is 0 Å². The lowest BCUT2D eigenvalue weighted by Crippen LogP contribution is -2.15. The number of hydrogen-bond donors (Lipinski definition) is 1. The van der Waals surface area contributed by atoms with Gasteiger partial charge in [-0.2, -0.15) is 0 Å². The van der Waals surface area contributed by atoms with E-state index in [2.05, 4.69) is 15.5 Å². The second-order valence-electron chi connectivity index (χ2n) is 6.30. The van der Waals surface area contributed by atoms with Crippen LogP contribution in [0, 0.1) is 10.1 Å². The summed E-state index contributed by atoms with van der Waals surface area (Å²) in [5.74, 6) is 1.31. The molecule has 1 N–H and O–H groups in total. The zero-order valence-electron chi connectivity index (χ0n) is 16.5. The van der Waals surface area contributed by atoms with Crippen molar-refractivity contribution in [3.05, 3.63) is 70.5 Å². The first kappa shape index (κ1) is 21.3. The van der Waals surface area contributed by atoms with Crippen LogP contribution in [-0.2, 0) is 11.3 Å². The number of carbonyl (C=O) groups is 1. The molecule has 10 heteroatoms. The average Bonchev–Trinajstić information content (AvgIpc) is 3.16. The smallest absolute Gasteiger partial charge is 0.269 e. The highest BCUT2D eigenvalue weighted by molar-refractivity contribution is 7.99. The van der Waals surface area contributed by atoms with Gasteiger partial charge < -0.3 is 14.6 Å². The Morgan fingerprint density at radius 1 is 1.20 bits per heavy atom. The van der Waals surface area contributed by atoms with Crippen LogP contribution < -0.4 is 10.1 Å². The minimum absolute atomic E-state index is 0.0298. The van der Waals surface area contributed by atoms with Crippen molar-refractivity contribution in [3.8, 4) is 5.75 Å². The molecule has 1 aromatic heterocycles. The van der Waals surface area contributed by atoms with Crippen LogP contribution in [0.1, 0.15) is 25.8 Å². The summed E-state index contributed by atoms with van der Waals surface area (Å²) >= 11 is 1.27. The maximum atomic E-state index is 12.2. The van der Waals surface area contributed by atoms with Crippen molar-refractivity contribution in [2.45, 2.75) is 31.7 Å². The van der Waals surface area contributed by atoms with Crippen LogP contribution in [0.15, 0.2) is 59.8 Å². The van der Waals surface area contributed by atoms with Crippen LogP contribution >= 0.6 is 11.8 Å². The van der Waals surface area contributed by atoms with E-state index in [0.29, 0.717) is 23.2 Å². The molecule has 1 heterocycles. The number of aromatic nitrogens is 3. The topological polar surface area (TPSA) is 112 Å². The van der Waals surface area contributed by atoms with Crippen molar-refractivity contribution in [1.82, 2.24) is 14.8 Å². The molecule has 0 spiro atoms. The van der Waals surface area contributed by atoms with Gasteiger partial charge in [0.15, 0.2) is 17.1 Å². The molecule has 0 aliphatic carbocycles. The predicted molar refractivity (Wildman–Crippen MR) is 114 cm³/mol. The average molecular weight is 427 g/mol. The summed E-state index contributed by atoms with van der Waals surface area (Å²) in [6, 6.07) is 15.2. The van der Waals surface area contributed by atoms with E-state index in [1.165, 1.54) is 36.0 Å². The van der Waals surface area contributed by atoms with Gasteiger partial charge in [0.1, 0.15) is 5.75 Å². The van der Waals surface area contributed by atoms with E-state index in [9.17, 15) is 14.9 Å². The van der Waals surface area contributed by atoms with Gasteiger partial charge >= 0.3 is 0 Å². The monoisotopic (exact) mass is 427 g/mol. The Kier molecular flexibility index (Phi) is 7.02. The van der Waals surface area contributed by atoms with E-state index >= 15 is 0 Å². The van der Waals surface area contributed by atoms with Crippen LogP contribution in [0.3, 0.4) is 0 Å². The number of nitro groups is 1.